The van der Waals surface area contributed by atoms with E-state index >= 15 is 0 Å². The standard InChI is InChI=1S/C27H33N3O3/c1-6-32-27(31)23-16-22(20-14-12-19(13-15-20)17(2)3)24-25(28-23)30(21-10-8-7-9-11-21)29-26(24)33-18(4)5/h12-16,18,21H,2,6-11H2,1,3-5H3. The van der Waals surface area contributed by atoms with E-state index in [2.05, 4.69) is 6.58 Å². The number of allylic oxidation sites excluding steroid dienone is 1. The van der Waals surface area contributed by atoms with Crippen molar-refractivity contribution in [3.63, 3.8) is 0 Å². The molecular formula is C27H33N3O3. The first-order chi connectivity index (χ1) is 15.9. The van der Waals surface area contributed by atoms with E-state index in [-0.39, 0.29) is 17.8 Å². The van der Waals surface area contributed by atoms with Crippen LogP contribution in [0.5, 0.6) is 5.88 Å². The molecule has 0 bridgehead atoms. The molecule has 2 aromatic heterocycles. The number of carbonyl (C=O) groups is 1. The minimum Gasteiger partial charge on any atom is -0.473 e. The highest BCUT2D eigenvalue weighted by Gasteiger charge is 2.27. The maximum Gasteiger partial charge on any atom is 0.357 e. The molecule has 0 spiro atoms. The molecule has 174 valence electrons. The third-order valence-electron chi connectivity index (χ3n) is 6.07. The average Bonchev–Trinajstić information content (AvgIpc) is 3.17. The first kappa shape index (κ1) is 23.0. The Kier molecular flexibility index (Phi) is 6.82. The zero-order valence-electron chi connectivity index (χ0n) is 20.1. The Balaban J connectivity index is 1.97. The summed E-state index contributed by atoms with van der Waals surface area (Å²) in [6, 6.07) is 10.2. The summed E-state index contributed by atoms with van der Waals surface area (Å²) < 4.78 is 13.5. The van der Waals surface area contributed by atoms with Crippen LogP contribution in [0.3, 0.4) is 0 Å². The highest BCUT2D eigenvalue weighted by molar-refractivity contribution is 6.01. The van der Waals surface area contributed by atoms with Gasteiger partial charge in [-0.3, -0.25) is 0 Å². The number of hydrogen-bond acceptors (Lipinski definition) is 5. The van der Waals surface area contributed by atoms with E-state index in [1.165, 1.54) is 19.3 Å². The summed E-state index contributed by atoms with van der Waals surface area (Å²) in [5.41, 5.74) is 4.89. The summed E-state index contributed by atoms with van der Waals surface area (Å²) in [4.78, 5) is 17.5. The maximum absolute atomic E-state index is 12.7. The molecule has 0 aliphatic heterocycles. The van der Waals surface area contributed by atoms with E-state index in [1.807, 2.05) is 49.7 Å². The molecule has 1 aliphatic rings. The maximum atomic E-state index is 12.7. The first-order valence-electron chi connectivity index (χ1n) is 11.9. The van der Waals surface area contributed by atoms with Crippen LogP contribution in [-0.4, -0.2) is 33.4 Å². The van der Waals surface area contributed by atoms with Crippen molar-refractivity contribution in [2.75, 3.05) is 6.61 Å². The molecule has 6 nitrogen and oxygen atoms in total. The molecule has 0 unspecified atom stereocenters. The van der Waals surface area contributed by atoms with Gasteiger partial charge in [-0.1, -0.05) is 55.7 Å². The fraction of sp³-hybridized carbons (Fsp3) is 0.444. The predicted molar refractivity (Wildman–Crippen MR) is 132 cm³/mol. The lowest BCUT2D eigenvalue weighted by Crippen LogP contribution is -2.16. The van der Waals surface area contributed by atoms with Crippen LogP contribution >= 0.6 is 0 Å². The zero-order valence-corrected chi connectivity index (χ0v) is 20.1. The number of fused-ring (bicyclic) bond motifs is 1. The number of carbonyl (C=O) groups excluding carboxylic acids is 1. The van der Waals surface area contributed by atoms with Gasteiger partial charge in [0.05, 0.1) is 24.1 Å². The first-order valence-corrected chi connectivity index (χ1v) is 11.9. The summed E-state index contributed by atoms with van der Waals surface area (Å²) in [6.07, 6.45) is 5.63. The molecule has 6 heteroatoms. The van der Waals surface area contributed by atoms with Gasteiger partial charge in [0.1, 0.15) is 0 Å². The highest BCUT2D eigenvalue weighted by Crippen LogP contribution is 2.39. The number of rotatable bonds is 7. The Bertz CT molecular complexity index is 1160. The lowest BCUT2D eigenvalue weighted by atomic mass is 9.95. The third-order valence-corrected chi connectivity index (χ3v) is 6.07. The summed E-state index contributed by atoms with van der Waals surface area (Å²) in [6.45, 7) is 12.1. The van der Waals surface area contributed by atoms with E-state index in [0.29, 0.717) is 18.1 Å². The van der Waals surface area contributed by atoms with Crippen LogP contribution in [0, 0.1) is 0 Å². The van der Waals surface area contributed by atoms with Crippen LogP contribution in [0.2, 0.25) is 0 Å². The van der Waals surface area contributed by atoms with Crippen LogP contribution in [0.1, 0.15) is 81.9 Å². The number of nitrogens with zero attached hydrogens (tertiary/aromatic N) is 3. The van der Waals surface area contributed by atoms with Gasteiger partial charge in [-0.15, -0.1) is 5.10 Å². The van der Waals surface area contributed by atoms with E-state index in [9.17, 15) is 4.79 Å². The average molecular weight is 448 g/mol. The molecule has 1 fully saturated rings. The number of benzene rings is 1. The molecule has 3 aromatic rings. The van der Waals surface area contributed by atoms with Crippen molar-refractivity contribution >= 4 is 22.6 Å². The van der Waals surface area contributed by atoms with Gasteiger partial charge >= 0.3 is 5.97 Å². The van der Waals surface area contributed by atoms with E-state index < -0.39 is 5.97 Å². The van der Waals surface area contributed by atoms with Gasteiger partial charge in [-0.05, 0) is 57.7 Å². The van der Waals surface area contributed by atoms with Gasteiger partial charge < -0.3 is 9.47 Å². The van der Waals surface area contributed by atoms with Crippen LogP contribution in [0.4, 0.5) is 0 Å². The minimum atomic E-state index is -0.429. The van der Waals surface area contributed by atoms with Gasteiger partial charge in [0.15, 0.2) is 11.3 Å². The molecule has 0 atom stereocenters. The molecule has 0 N–H and O–H groups in total. The second-order valence-corrected chi connectivity index (χ2v) is 9.04. The van der Waals surface area contributed by atoms with Crippen molar-refractivity contribution in [1.82, 2.24) is 14.8 Å². The summed E-state index contributed by atoms with van der Waals surface area (Å²) in [7, 11) is 0. The monoisotopic (exact) mass is 447 g/mol. The van der Waals surface area contributed by atoms with Crippen molar-refractivity contribution in [2.24, 2.45) is 0 Å². The van der Waals surface area contributed by atoms with E-state index in [1.54, 1.807) is 13.0 Å². The van der Waals surface area contributed by atoms with E-state index in [4.69, 9.17) is 19.6 Å². The molecule has 0 amide bonds. The van der Waals surface area contributed by atoms with Gasteiger partial charge in [0, 0.05) is 5.56 Å². The zero-order chi connectivity index (χ0) is 23.5. The van der Waals surface area contributed by atoms with Gasteiger partial charge in [0.2, 0.25) is 5.88 Å². The molecular weight excluding hydrogens is 414 g/mol. The quantitative estimate of drug-likeness (QED) is 0.382. The van der Waals surface area contributed by atoms with Crippen LogP contribution < -0.4 is 4.74 Å². The SMILES string of the molecule is C=C(C)c1ccc(-c2cc(C(=O)OCC)nc3c2c(OC(C)C)nn3C2CCCCC2)cc1. The molecule has 0 radical (unpaired) electrons. The van der Waals surface area contributed by atoms with Crippen LogP contribution in [0.15, 0.2) is 36.9 Å². The van der Waals surface area contributed by atoms with Crippen molar-refractivity contribution in [3.05, 3.63) is 48.2 Å². The van der Waals surface area contributed by atoms with Crippen molar-refractivity contribution in [3.8, 4) is 17.0 Å². The molecule has 1 aliphatic carbocycles. The van der Waals surface area contributed by atoms with Gasteiger partial charge in [-0.25, -0.2) is 14.5 Å². The number of ether oxygens (including phenoxy) is 2. The minimum absolute atomic E-state index is 0.0359. The summed E-state index contributed by atoms with van der Waals surface area (Å²) >= 11 is 0. The molecule has 4 rings (SSSR count). The largest absolute Gasteiger partial charge is 0.473 e. The normalized spacial score (nSPS) is 14.6. The summed E-state index contributed by atoms with van der Waals surface area (Å²) in [5.74, 6) is 0.134. The summed E-state index contributed by atoms with van der Waals surface area (Å²) in [5, 5.41) is 5.74. The fourth-order valence-electron chi connectivity index (χ4n) is 4.46. The Morgan fingerprint density at radius 1 is 1.18 bits per heavy atom. The Morgan fingerprint density at radius 3 is 2.48 bits per heavy atom. The topological polar surface area (TPSA) is 66.2 Å². The second-order valence-electron chi connectivity index (χ2n) is 9.04. The van der Waals surface area contributed by atoms with Gasteiger partial charge in [-0.2, -0.15) is 0 Å². The molecule has 33 heavy (non-hydrogen) atoms. The Labute approximate surface area is 195 Å². The molecule has 2 heterocycles. The number of hydrogen-bond donors (Lipinski definition) is 0. The molecule has 1 aromatic carbocycles. The van der Waals surface area contributed by atoms with Crippen molar-refractivity contribution < 1.29 is 14.3 Å². The van der Waals surface area contributed by atoms with Crippen LogP contribution in [-0.2, 0) is 4.74 Å². The lowest BCUT2D eigenvalue weighted by molar-refractivity contribution is 0.0520. The molecule has 1 saturated carbocycles. The number of pyridine rings is 1. The highest BCUT2D eigenvalue weighted by atomic mass is 16.5. The predicted octanol–water partition coefficient (Wildman–Crippen LogP) is 6.60. The van der Waals surface area contributed by atoms with Crippen molar-refractivity contribution in [1.29, 1.82) is 0 Å². The van der Waals surface area contributed by atoms with E-state index in [0.717, 1.165) is 40.5 Å². The second kappa shape index (κ2) is 9.77. The van der Waals surface area contributed by atoms with Gasteiger partial charge in [0.25, 0.3) is 0 Å². The Hall–Kier alpha value is -3.15. The fourth-order valence-corrected chi connectivity index (χ4v) is 4.46. The lowest BCUT2D eigenvalue weighted by Gasteiger charge is -2.22. The van der Waals surface area contributed by atoms with Crippen LogP contribution in [0.25, 0.3) is 27.7 Å². The number of aromatic nitrogens is 3. The third kappa shape index (κ3) is 4.80. The smallest absolute Gasteiger partial charge is 0.357 e. The van der Waals surface area contributed by atoms with Crippen molar-refractivity contribution in [2.45, 2.75) is 71.9 Å². The molecule has 0 saturated heterocycles. The Morgan fingerprint density at radius 2 is 1.88 bits per heavy atom. The number of esters is 1.